The van der Waals surface area contributed by atoms with Crippen LogP contribution in [0.3, 0.4) is 0 Å². The minimum Gasteiger partial charge on any atom is -0.378 e. The van der Waals surface area contributed by atoms with Gasteiger partial charge in [0.05, 0.1) is 19.8 Å². The molecule has 0 N–H and O–H groups in total. The maximum atomic E-state index is 12.7. The molecule has 1 aromatic heterocycles. The summed E-state index contributed by atoms with van der Waals surface area (Å²) < 4.78 is 11.2. The Morgan fingerprint density at radius 1 is 1.33 bits per heavy atom. The molecule has 0 saturated carbocycles. The normalized spacial score (nSPS) is 27.8. The van der Waals surface area contributed by atoms with Crippen LogP contribution in [0.15, 0.2) is 16.8 Å². The molecule has 116 valence electrons. The molecular formula is C15H22N2O3S. The molecule has 0 spiro atoms. The number of hydrogen-bond acceptors (Lipinski definition) is 5. The van der Waals surface area contributed by atoms with Gasteiger partial charge in [-0.15, -0.1) is 0 Å². The van der Waals surface area contributed by atoms with E-state index in [9.17, 15) is 4.79 Å². The molecule has 2 aliphatic rings. The number of morpholine rings is 2. The number of amides is 1. The lowest BCUT2D eigenvalue weighted by Crippen LogP contribution is -2.60. The van der Waals surface area contributed by atoms with Crippen LogP contribution >= 0.6 is 11.3 Å². The lowest BCUT2D eigenvalue weighted by Gasteiger charge is -2.42. The number of rotatable bonds is 3. The highest BCUT2D eigenvalue weighted by atomic mass is 32.1. The van der Waals surface area contributed by atoms with Gasteiger partial charge in [0, 0.05) is 32.7 Å². The van der Waals surface area contributed by atoms with Crippen LogP contribution in [-0.4, -0.2) is 67.3 Å². The van der Waals surface area contributed by atoms with Crippen molar-refractivity contribution in [2.24, 2.45) is 0 Å². The molecule has 3 heterocycles. The summed E-state index contributed by atoms with van der Waals surface area (Å²) in [6.45, 7) is 7.53. The topological polar surface area (TPSA) is 42.0 Å². The largest absolute Gasteiger partial charge is 0.378 e. The van der Waals surface area contributed by atoms with Crippen molar-refractivity contribution in [3.05, 3.63) is 22.4 Å². The fourth-order valence-electron chi connectivity index (χ4n) is 2.96. The van der Waals surface area contributed by atoms with Gasteiger partial charge in [-0.2, -0.15) is 11.3 Å². The van der Waals surface area contributed by atoms with E-state index in [-0.39, 0.29) is 5.91 Å². The third kappa shape index (κ3) is 3.45. The Bertz CT molecular complexity index is 473. The average molecular weight is 310 g/mol. The van der Waals surface area contributed by atoms with Crippen molar-refractivity contribution in [3.63, 3.8) is 0 Å². The molecule has 1 amide bonds. The van der Waals surface area contributed by atoms with Crippen LogP contribution < -0.4 is 0 Å². The molecule has 21 heavy (non-hydrogen) atoms. The smallest absolute Gasteiger partial charge is 0.256 e. The minimum absolute atomic E-state index is 0.0980. The second kappa shape index (κ2) is 6.44. The van der Waals surface area contributed by atoms with E-state index in [1.54, 1.807) is 11.3 Å². The first kappa shape index (κ1) is 15.0. The summed E-state index contributed by atoms with van der Waals surface area (Å²) in [4.78, 5) is 16.9. The van der Waals surface area contributed by atoms with Gasteiger partial charge >= 0.3 is 0 Å². The zero-order valence-corrected chi connectivity index (χ0v) is 13.2. The van der Waals surface area contributed by atoms with Crippen molar-refractivity contribution >= 4 is 17.2 Å². The van der Waals surface area contributed by atoms with E-state index >= 15 is 0 Å². The Hall–Kier alpha value is -0.950. The predicted octanol–water partition coefficient (Wildman–Crippen LogP) is 1.20. The summed E-state index contributed by atoms with van der Waals surface area (Å²) in [7, 11) is 0. The average Bonchev–Trinajstić information content (AvgIpc) is 3.00. The molecule has 1 aromatic rings. The van der Waals surface area contributed by atoms with Crippen molar-refractivity contribution in [1.82, 2.24) is 9.80 Å². The van der Waals surface area contributed by atoms with Crippen molar-refractivity contribution in [2.75, 3.05) is 46.0 Å². The quantitative estimate of drug-likeness (QED) is 0.841. The highest BCUT2D eigenvalue weighted by molar-refractivity contribution is 7.07. The third-order valence-corrected chi connectivity index (χ3v) is 4.82. The number of hydrogen-bond donors (Lipinski definition) is 0. The van der Waals surface area contributed by atoms with E-state index < -0.39 is 5.60 Å². The summed E-state index contributed by atoms with van der Waals surface area (Å²) in [6.07, 6.45) is 0. The fourth-order valence-corrected chi connectivity index (χ4v) is 3.62. The SMILES string of the molecule is C[C@@]1(C(=O)N2CCOCC2)CN(Cc2ccsc2)CCO1. The maximum absolute atomic E-state index is 12.7. The Balaban J connectivity index is 1.64. The number of nitrogens with zero attached hydrogens (tertiary/aromatic N) is 2. The van der Waals surface area contributed by atoms with E-state index in [1.807, 2.05) is 11.8 Å². The minimum atomic E-state index is -0.731. The summed E-state index contributed by atoms with van der Waals surface area (Å²) in [6, 6.07) is 2.14. The molecule has 0 radical (unpaired) electrons. The summed E-state index contributed by atoms with van der Waals surface area (Å²) in [5.74, 6) is 0.0980. The first-order chi connectivity index (χ1) is 10.2. The molecule has 3 rings (SSSR count). The van der Waals surface area contributed by atoms with E-state index in [4.69, 9.17) is 9.47 Å². The third-order valence-electron chi connectivity index (χ3n) is 4.09. The molecule has 1 atom stereocenters. The second-order valence-corrected chi connectivity index (χ2v) is 6.61. The Morgan fingerprint density at radius 2 is 2.14 bits per heavy atom. The van der Waals surface area contributed by atoms with Gasteiger partial charge in [-0.1, -0.05) is 0 Å². The first-order valence-corrected chi connectivity index (χ1v) is 8.36. The molecule has 5 nitrogen and oxygen atoms in total. The van der Waals surface area contributed by atoms with Crippen molar-refractivity contribution in [3.8, 4) is 0 Å². The van der Waals surface area contributed by atoms with Gasteiger partial charge in [0.2, 0.25) is 0 Å². The molecule has 2 saturated heterocycles. The predicted molar refractivity (Wildman–Crippen MR) is 81.4 cm³/mol. The number of carbonyl (C=O) groups excluding carboxylic acids is 1. The van der Waals surface area contributed by atoms with Crippen LogP contribution in [0.2, 0.25) is 0 Å². The summed E-state index contributed by atoms with van der Waals surface area (Å²) in [5.41, 5.74) is 0.578. The standard InChI is InChI=1S/C15H22N2O3S/c1-15(14(18)17-4-6-19-7-5-17)12-16(3-8-20-15)10-13-2-9-21-11-13/h2,9,11H,3-8,10,12H2,1H3/t15-/m0/s1. The van der Waals surface area contributed by atoms with Crippen molar-refractivity contribution in [2.45, 2.75) is 19.1 Å². The Kier molecular flexibility index (Phi) is 4.59. The van der Waals surface area contributed by atoms with Gasteiger partial charge in [-0.3, -0.25) is 9.69 Å². The molecule has 2 aliphatic heterocycles. The Morgan fingerprint density at radius 3 is 2.86 bits per heavy atom. The van der Waals surface area contributed by atoms with E-state index in [0.717, 1.165) is 13.1 Å². The van der Waals surface area contributed by atoms with Crippen molar-refractivity contribution < 1.29 is 14.3 Å². The summed E-state index contributed by atoms with van der Waals surface area (Å²) in [5, 5.41) is 4.25. The lowest BCUT2D eigenvalue weighted by molar-refractivity contribution is -0.171. The zero-order valence-electron chi connectivity index (χ0n) is 12.4. The van der Waals surface area contributed by atoms with Crippen LogP contribution in [0.5, 0.6) is 0 Å². The van der Waals surface area contributed by atoms with Gasteiger partial charge in [-0.25, -0.2) is 0 Å². The molecular weight excluding hydrogens is 288 g/mol. The van der Waals surface area contributed by atoms with E-state index in [1.165, 1.54) is 5.56 Å². The van der Waals surface area contributed by atoms with Crippen LogP contribution in [0.1, 0.15) is 12.5 Å². The molecule has 0 unspecified atom stereocenters. The molecule has 0 aromatic carbocycles. The molecule has 0 bridgehead atoms. The van der Waals surface area contributed by atoms with Gasteiger partial charge in [0.25, 0.3) is 5.91 Å². The number of ether oxygens (including phenoxy) is 2. The van der Waals surface area contributed by atoms with Crippen molar-refractivity contribution in [1.29, 1.82) is 0 Å². The zero-order chi connectivity index (χ0) is 14.7. The van der Waals surface area contributed by atoms with Crippen LogP contribution in [0, 0.1) is 0 Å². The van der Waals surface area contributed by atoms with Gasteiger partial charge in [-0.05, 0) is 29.3 Å². The van der Waals surface area contributed by atoms with E-state index in [2.05, 4.69) is 21.7 Å². The molecule has 0 aliphatic carbocycles. The highest BCUT2D eigenvalue weighted by Gasteiger charge is 2.42. The highest BCUT2D eigenvalue weighted by Crippen LogP contribution is 2.23. The van der Waals surface area contributed by atoms with Gasteiger partial charge in [0.15, 0.2) is 5.60 Å². The molecule has 6 heteroatoms. The van der Waals surface area contributed by atoms with Crippen LogP contribution in [0.4, 0.5) is 0 Å². The molecule has 2 fully saturated rings. The summed E-state index contributed by atoms with van der Waals surface area (Å²) >= 11 is 1.71. The van der Waals surface area contributed by atoms with Crippen LogP contribution in [0.25, 0.3) is 0 Å². The lowest BCUT2D eigenvalue weighted by atomic mass is 10.0. The van der Waals surface area contributed by atoms with Gasteiger partial charge < -0.3 is 14.4 Å². The monoisotopic (exact) mass is 310 g/mol. The fraction of sp³-hybridized carbons (Fsp3) is 0.667. The Labute approximate surface area is 129 Å². The van der Waals surface area contributed by atoms with Crippen LogP contribution in [-0.2, 0) is 20.8 Å². The number of carbonyl (C=O) groups is 1. The number of thiophene rings is 1. The second-order valence-electron chi connectivity index (χ2n) is 5.83. The van der Waals surface area contributed by atoms with Gasteiger partial charge in [0.1, 0.15) is 0 Å². The first-order valence-electron chi connectivity index (χ1n) is 7.42. The maximum Gasteiger partial charge on any atom is 0.256 e. The van der Waals surface area contributed by atoms with E-state index in [0.29, 0.717) is 39.5 Å².